The molecule has 0 aliphatic heterocycles. The summed E-state index contributed by atoms with van der Waals surface area (Å²) in [6.45, 7) is 0.187. The van der Waals surface area contributed by atoms with Gasteiger partial charge in [0.1, 0.15) is 12.4 Å². The minimum atomic E-state index is -4.78. The van der Waals surface area contributed by atoms with Crippen LogP contribution in [0.25, 0.3) is 0 Å². The van der Waals surface area contributed by atoms with Crippen molar-refractivity contribution >= 4 is 17.6 Å². The molecule has 1 N–H and O–H groups in total. The molecular formula is C18H20ClF3O5. The molecule has 1 aromatic carbocycles. The lowest BCUT2D eigenvalue weighted by Gasteiger charge is -2.28. The van der Waals surface area contributed by atoms with Gasteiger partial charge >= 0.3 is 12.3 Å². The van der Waals surface area contributed by atoms with Crippen LogP contribution < -0.4 is 4.74 Å². The highest BCUT2D eigenvalue weighted by Crippen LogP contribution is 2.58. The first kappa shape index (κ1) is 20.2. The number of carbonyl (C=O) groups is 1. The van der Waals surface area contributed by atoms with E-state index in [-0.39, 0.29) is 35.0 Å². The predicted molar refractivity (Wildman–Crippen MR) is 89.6 cm³/mol. The van der Waals surface area contributed by atoms with Crippen LogP contribution in [0.1, 0.15) is 37.7 Å². The SMILES string of the molecule is O=C(O)COCC12CCC(OCc3cc(Cl)cc(OC(F)(F)F)c3)(CC1)C2. The second-order valence-electron chi connectivity index (χ2n) is 7.38. The van der Waals surface area contributed by atoms with E-state index in [4.69, 9.17) is 26.2 Å². The Morgan fingerprint density at radius 3 is 2.52 bits per heavy atom. The van der Waals surface area contributed by atoms with E-state index in [1.807, 2.05) is 0 Å². The van der Waals surface area contributed by atoms with E-state index in [1.165, 1.54) is 6.07 Å². The van der Waals surface area contributed by atoms with Crippen LogP contribution in [-0.2, 0) is 20.9 Å². The summed E-state index contributed by atoms with van der Waals surface area (Å²) >= 11 is 5.89. The molecule has 1 aromatic rings. The Kier molecular flexibility index (Phi) is 5.61. The second kappa shape index (κ2) is 7.48. The van der Waals surface area contributed by atoms with Crippen LogP contribution in [0.3, 0.4) is 0 Å². The number of ether oxygens (including phenoxy) is 3. The topological polar surface area (TPSA) is 65.0 Å². The van der Waals surface area contributed by atoms with Gasteiger partial charge < -0.3 is 19.3 Å². The Hall–Kier alpha value is -1.51. The van der Waals surface area contributed by atoms with Gasteiger partial charge in [-0.05, 0) is 61.3 Å². The van der Waals surface area contributed by atoms with Gasteiger partial charge in [0.2, 0.25) is 0 Å². The number of rotatable bonds is 8. The van der Waals surface area contributed by atoms with Crippen LogP contribution in [0.15, 0.2) is 18.2 Å². The molecule has 0 aromatic heterocycles. The predicted octanol–water partition coefficient (Wildman–Crippen LogP) is 4.56. The minimum absolute atomic E-state index is 0.0751. The molecule has 2 aliphatic rings. The first-order chi connectivity index (χ1) is 12.6. The van der Waals surface area contributed by atoms with Crippen LogP contribution in [0, 0.1) is 5.41 Å². The van der Waals surface area contributed by atoms with E-state index in [2.05, 4.69) is 4.74 Å². The monoisotopic (exact) mass is 408 g/mol. The van der Waals surface area contributed by atoms with E-state index in [9.17, 15) is 18.0 Å². The highest BCUT2D eigenvalue weighted by molar-refractivity contribution is 6.30. The summed E-state index contributed by atoms with van der Waals surface area (Å²) in [7, 11) is 0. The van der Waals surface area contributed by atoms with Gasteiger partial charge in [-0.3, -0.25) is 0 Å². The Labute approximate surface area is 159 Å². The zero-order chi connectivity index (χ0) is 19.7. The van der Waals surface area contributed by atoms with Gasteiger partial charge in [-0.2, -0.15) is 0 Å². The number of hydrogen-bond donors (Lipinski definition) is 1. The molecule has 0 atom stereocenters. The molecule has 0 unspecified atom stereocenters. The molecule has 2 bridgehead atoms. The molecule has 3 rings (SSSR count). The third kappa shape index (κ3) is 5.27. The molecule has 5 nitrogen and oxygen atoms in total. The summed E-state index contributed by atoms with van der Waals surface area (Å²) in [6.07, 6.45) is -0.638. The van der Waals surface area contributed by atoms with E-state index >= 15 is 0 Å². The molecule has 0 spiro atoms. The number of halogens is 4. The second-order valence-corrected chi connectivity index (χ2v) is 7.81. The number of carboxylic acids is 1. The Bertz CT molecular complexity index is 699. The normalized spacial score (nSPS) is 27.1. The number of aliphatic carboxylic acids is 1. The minimum Gasteiger partial charge on any atom is -0.480 e. The molecular weight excluding hydrogens is 389 g/mol. The Morgan fingerprint density at radius 2 is 1.89 bits per heavy atom. The number of carboxylic acid groups (broad SMARTS) is 1. The van der Waals surface area contributed by atoms with Crippen LogP contribution >= 0.6 is 11.6 Å². The Morgan fingerprint density at radius 1 is 1.19 bits per heavy atom. The Balaban J connectivity index is 1.59. The van der Waals surface area contributed by atoms with Crippen molar-refractivity contribution in [2.45, 2.75) is 50.7 Å². The molecule has 2 aliphatic carbocycles. The zero-order valence-electron chi connectivity index (χ0n) is 14.5. The van der Waals surface area contributed by atoms with Gasteiger partial charge in [0.15, 0.2) is 0 Å². The summed E-state index contributed by atoms with van der Waals surface area (Å²) < 4.78 is 52.5. The van der Waals surface area contributed by atoms with Crippen molar-refractivity contribution in [3.8, 4) is 5.75 Å². The van der Waals surface area contributed by atoms with Crippen molar-refractivity contribution in [2.24, 2.45) is 5.41 Å². The molecule has 27 heavy (non-hydrogen) atoms. The summed E-state index contributed by atoms with van der Waals surface area (Å²) in [6, 6.07) is 3.92. The fourth-order valence-corrected chi connectivity index (χ4v) is 4.40. The zero-order valence-corrected chi connectivity index (χ0v) is 15.2. The van der Waals surface area contributed by atoms with Gasteiger partial charge in [0.05, 0.1) is 18.8 Å². The number of hydrogen-bond acceptors (Lipinski definition) is 4. The van der Waals surface area contributed by atoms with Crippen molar-refractivity contribution in [3.05, 3.63) is 28.8 Å². The van der Waals surface area contributed by atoms with Gasteiger partial charge in [0.25, 0.3) is 0 Å². The van der Waals surface area contributed by atoms with Gasteiger partial charge in [-0.25, -0.2) is 4.79 Å². The van der Waals surface area contributed by atoms with Crippen molar-refractivity contribution < 1.29 is 37.3 Å². The summed E-state index contributed by atoms with van der Waals surface area (Å²) in [4.78, 5) is 10.6. The van der Waals surface area contributed by atoms with Crippen molar-refractivity contribution in [3.63, 3.8) is 0 Å². The smallest absolute Gasteiger partial charge is 0.480 e. The summed E-state index contributed by atoms with van der Waals surface area (Å²) in [5, 5.41) is 8.83. The molecule has 2 fully saturated rings. The van der Waals surface area contributed by atoms with Gasteiger partial charge in [-0.15, -0.1) is 13.2 Å². The molecule has 150 valence electrons. The average Bonchev–Trinajstić information content (AvgIpc) is 3.07. The molecule has 0 amide bonds. The summed E-state index contributed by atoms with van der Waals surface area (Å²) in [5.74, 6) is -1.37. The van der Waals surface area contributed by atoms with Crippen molar-refractivity contribution in [1.29, 1.82) is 0 Å². The maximum absolute atomic E-state index is 12.4. The molecule has 0 radical (unpaired) electrons. The fraction of sp³-hybridized carbons (Fsp3) is 0.611. The van der Waals surface area contributed by atoms with Crippen LogP contribution in [-0.4, -0.2) is 36.3 Å². The molecule has 0 heterocycles. The van der Waals surface area contributed by atoms with Gasteiger partial charge in [-0.1, -0.05) is 11.6 Å². The lowest BCUT2D eigenvalue weighted by Crippen LogP contribution is -2.26. The standard InChI is InChI=1S/C18H20ClF3O5/c19-13-5-12(6-14(7-13)27-18(20,21)22)8-26-17-3-1-16(10-17,2-4-17)11-25-9-15(23)24/h5-7H,1-4,8-11H2,(H,23,24). The van der Waals surface area contributed by atoms with Crippen LogP contribution in [0.2, 0.25) is 5.02 Å². The van der Waals surface area contributed by atoms with Crippen molar-refractivity contribution in [1.82, 2.24) is 0 Å². The maximum Gasteiger partial charge on any atom is 0.573 e. The van der Waals surface area contributed by atoms with Crippen LogP contribution in [0.5, 0.6) is 5.75 Å². The number of alkyl halides is 3. The van der Waals surface area contributed by atoms with E-state index in [0.717, 1.165) is 38.2 Å². The van der Waals surface area contributed by atoms with E-state index in [0.29, 0.717) is 12.2 Å². The fourth-order valence-electron chi connectivity index (χ4n) is 4.15. The molecule has 9 heteroatoms. The highest BCUT2D eigenvalue weighted by atomic mass is 35.5. The third-order valence-electron chi connectivity index (χ3n) is 5.26. The first-order valence-corrected chi connectivity index (χ1v) is 8.95. The average molecular weight is 409 g/mol. The van der Waals surface area contributed by atoms with E-state index < -0.39 is 12.3 Å². The highest BCUT2D eigenvalue weighted by Gasteiger charge is 2.55. The lowest BCUT2D eigenvalue weighted by molar-refractivity contribution is -0.274. The molecule has 0 saturated heterocycles. The largest absolute Gasteiger partial charge is 0.573 e. The first-order valence-electron chi connectivity index (χ1n) is 8.58. The third-order valence-corrected chi connectivity index (χ3v) is 5.48. The van der Waals surface area contributed by atoms with E-state index in [1.54, 1.807) is 6.07 Å². The van der Waals surface area contributed by atoms with Gasteiger partial charge in [0, 0.05) is 5.02 Å². The quantitative estimate of drug-likeness (QED) is 0.683. The van der Waals surface area contributed by atoms with Crippen molar-refractivity contribution in [2.75, 3.05) is 13.2 Å². The number of benzene rings is 1. The maximum atomic E-state index is 12.4. The molecule has 2 saturated carbocycles. The van der Waals surface area contributed by atoms with Crippen LogP contribution in [0.4, 0.5) is 13.2 Å². The number of fused-ring (bicyclic) bond motifs is 2. The lowest BCUT2D eigenvalue weighted by atomic mass is 9.85. The summed E-state index contributed by atoms with van der Waals surface area (Å²) in [5.41, 5.74) is 0.0801.